The second kappa shape index (κ2) is 5.65. The summed E-state index contributed by atoms with van der Waals surface area (Å²) >= 11 is 0. The zero-order chi connectivity index (χ0) is 12.1. The molecular weight excluding hydrogens is 210 g/mol. The van der Waals surface area contributed by atoms with E-state index in [9.17, 15) is 9.59 Å². The zero-order valence-electron chi connectivity index (χ0n) is 9.86. The first-order chi connectivity index (χ1) is 7.56. The number of rotatable bonds is 4. The van der Waals surface area contributed by atoms with Crippen LogP contribution in [0.15, 0.2) is 11.6 Å². The van der Waals surface area contributed by atoms with Gasteiger partial charge in [0, 0.05) is 19.5 Å². The minimum absolute atomic E-state index is 0.0374. The second-order valence-corrected chi connectivity index (χ2v) is 3.88. The summed E-state index contributed by atoms with van der Waals surface area (Å²) < 4.78 is 4.52. The molecule has 0 N–H and O–H groups in total. The number of hydroxylamine groups is 2. The lowest BCUT2D eigenvalue weighted by Gasteiger charge is -2.29. The van der Waals surface area contributed by atoms with Crippen LogP contribution in [0.25, 0.3) is 0 Å². The first-order valence-electron chi connectivity index (χ1n) is 5.15. The summed E-state index contributed by atoms with van der Waals surface area (Å²) in [6.45, 7) is 0. The Morgan fingerprint density at radius 1 is 1.44 bits per heavy atom. The molecule has 0 bridgehead atoms. The van der Waals surface area contributed by atoms with Gasteiger partial charge in [-0.1, -0.05) is 5.57 Å². The molecule has 0 aliphatic heterocycles. The maximum Gasteiger partial charge on any atom is 0.330 e. The van der Waals surface area contributed by atoms with E-state index >= 15 is 0 Å². The maximum absolute atomic E-state index is 11.5. The molecule has 0 atom stereocenters. The second-order valence-electron chi connectivity index (χ2n) is 3.88. The molecule has 0 heterocycles. The van der Waals surface area contributed by atoms with Crippen LogP contribution in [-0.4, -0.2) is 38.2 Å². The quantitative estimate of drug-likeness (QED) is 0.407. The summed E-state index contributed by atoms with van der Waals surface area (Å²) in [5.41, 5.74) is 1.05. The van der Waals surface area contributed by atoms with Crippen molar-refractivity contribution in [3.05, 3.63) is 11.6 Å². The molecule has 0 radical (unpaired) electrons. The lowest BCUT2D eigenvalue weighted by molar-refractivity contribution is -0.170. The fourth-order valence-electron chi connectivity index (χ4n) is 1.65. The predicted octanol–water partition coefficient (Wildman–Crippen LogP) is 0.906. The average molecular weight is 227 g/mol. The van der Waals surface area contributed by atoms with Crippen molar-refractivity contribution in [1.82, 2.24) is 5.06 Å². The van der Waals surface area contributed by atoms with Crippen LogP contribution < -0.4 is 0 Å². The molecule has 16 heavy (non-hydrogen) atoms. The number of hydrogen-bond acceptors (Lipinski definition) is 4. The van der Waals surface area contributed by atoms with Crippen molar-refractivity contribution in [2.24, 2.45) is 5.92 Å². The number of carbonyl (C=O) groups excluding carboxylic acids is 2. The van der Waals surface area contributed by atoms with Gasteiger partial charge in [-0.2, -0.15) is 0 Å². The van der Waals surface area contributed by atoms with Crippen LogP contribution in [0.5, 0.6) is 0 Å². The molecule has 0 aromatic rings. The Kier molecular flexibility index (Phi) is 4.49. The number of carbonyl (C=O) groups is 2. The van der Waals surface area contributed by atoms with Crippen molar-refractivity contribution in [3.63, 3.8) is 0 Å². The van der Waals surface area contributed by atoms with Crippen LogP contribution in [0.2, 0.25) is 0 Å². The third-order valence-corrected chi connectivity index (χ3v) is 2.71. The molecule has 1 fully saturated rings. The van der Waals surface area contributed by atoms with Gasteiger partial charge in [0.05, 0.1) is 14.2 Å². The first kappa shape index (κ1) is 12.7. The minimum atomic E-state index is -0.325. The Labute approximate surface area is 95.0 Å². The molecule has 0 spiro atoms. The number of ether oxygens (including phenoxy) is 1. The van der Waals surface area contributed by atoms with Gasteiger partial charge in [-0.05, 0) is 18.8 Å². The lowest BCUT2D eigenvalue weighted by atomic mass is 9.77. The molecule has 0 aromatic heterocycles. The van der Waals surface area contributed by atoms with E-state index in [1.54, 1.807) is 7.05 Å². The van der Waals surface area contributed by atoms with Crippen molar-refractivity contribution in [2.75, 3.05) is 21.3 Å². The van der Waals surface area contributed by atoms with Crippen LogP contribution >= 0.6 is 0 Å². The van der Waals surface area contributed by atoms with Gasteiger partial charge in [0.1, 0.15) is 0 Å². The Balaban J connectivity index is 2.29. The van der Waals surface area contributed by atoms with Crippen LogP contribution in [0, 0.1) is 5.92 Å². The number of esters is 1. The van der Waals surface area contributed by atoms with Crippen LogP contribution in [0.1, 0.15) is 19.3 Å². The van der Waals surface area contributed by atoms with Crippen molar-refractivity contribution < 1.29 is 19.2 Å². The van der Waals surface area contributed by atoms with Gasteiger partial charge in [0.15, 0.2) is 0 Å². The zero-order valence-corrected chi connectivity index (χ0v) is 9.86. The molecule has 90 valence electrons. The van der Waals surface area contributed by atoms with Gasteiger partial charge in [-0.15, -0.1) is 0 Å². The molecule has 1 aliphatic carbocycles. The summed E-state index contributed by atoms with van der Waals surface area (Å²) in [5.74, 6) is -0.0422. The Morgan fingerprint density at radius 2 is 2.06 bits per heavy atom. The normalized spacial score (nSPS) is 18.7. The number of hydrogen-bond donors (Lipinski definition) is 0. The molecular formula is C11H17NO4. The number of nitrogens with zero attached hydrogens (tertiary/aromatic N) is 1. The third-order valence-electron chi connectivity index (χ3n) is 2.71. The predicted molar refractivity (Wildman–Crippen MR) is 57.2 cm³/mol. The Hall–Kier alpha value is -1.36. The van der Waals surface area contributed by atoms with Gasteiger partial charge < -0.3 is 4.74 Å². The lowest BCUT2D eigenvalue weighted by Crippen LogP contribution is -2.30. The van der Waals surface area contributed by atoms with Crippen molar-refractivity contribution >= 4 is 11.9 Å². The van der Waals surface area contributed by atoms with E-state index < -0.39 is 0 Å². The van der Waals surface area contributed by atoms with Crippen LogP contribution in [-0.2, 0) is 19.2 Å². The summed E-state index contributed by atoms with van der Waals surface area (Å²) in [6, 6.07) is 0. The minimum Gasteiger partial charge on any atom is -0.466 e. The molecule has 0 saturated heterocycles. The van der Waals surface area contributed by atoms with E-state index in [-0.39, 0.29) is 11.9 Å². The third kappa shape index (κ3) is 3.34. The smallest absolute Gasteiger partial charge is 0.330 e. The van der Waals surface area contributed by atoms with E-state index in [2.05, 4.69) is 4.74 Å². The van der Waals surface area contributed by atoms with Crippen molar-refractivity contribution in [3.8, 4) is 0 Å². The summed E-state index contributed by atoms with van der Waals surface area (Å²) in [7, 11) is 4.40. The highest BCUT2D eigenvalue weighted by molar-refractivity contribution is 5.83. The fourth-order valence-corrected chi connectivity index (χ4v) is 1.65. The highest BCUT2D eigenvalue weighted by Crippen LogP contribution is 2.35. The average Bonchev–Trinajstić information content (AvgIpc) is 2.24. The van der Waals surface area contributed by atoms with E-state index in [4.69, 9.17) is 4.84 Å². The highest BCUT2D eigenvalue weighted by Gasteiger charge is 2.27. The largest absolute Gasteiger partial charge is 0.466 e. The molecule has 0 aromatic carbocycles. The van der Waals surface area contributed by atoms with Crippen LogP contribution in [0.4, 0.5) is 0 Å². The standard InChI is InChI=1S/C11H17NO4/c1-12(16-3)10(13)6-8-4-9(5-8)7-11(14)15-2/h7-8H,4-6H2,1-3H3. The molecule has 1 aliphatic rings. The molecule has 0 unspecified atom stereocenters. The number of amides is 1. The van der Waals surface area contributed by atoms with Crippen molar-refractivity contribution in [1.29, 1.82) is 0 Å². The van der Waals surface area contributed by atoms with E-state index in [1.165, 1.54) is 25.4 Å². The fraction of sp³-hybridized carbons (Fsp3) is 0.636. The molecule has 1 amide bonds. The topological polar surface area (TPSA) is 55.8 Å². The number of methoxy groups -OCH3 is 1. The molecule has 5 nitrogen and oxygen atoms in total. The van der Waals surface area contributed by atoms with Crippen molar-refractivity contribution in [2.45, 2.75) is 19.3 Å². The van der Waals surface area contributed by atoms with E-state index in [0.717, 1.165) is 18.4 Å². The van der Waals surface area contributed by atoms with Gasteiger partial charge >= 0.3 is 5.97 Å². The molecule has 1 saturated carbocycles. The van der Waals surface area contributed by atoms with E-state index in [1.807, 2.05) is 0 Å². The van der Waals surface area contributed by atoms with Crippen LogP contribution in [0.3, 0.4) is 0 Å². The monoisotopic (exact) mass is 227 g/mol. The summed E-state index contributed by atoms with van der Waals surface area (Å²) in [5, 5.41) is 1.22. The highest BCUT2D eigenvalue weighted by atomic mass is 16.7. The van der Waals surface area contributed by atoms with Gasteiger partial charge in [0.2, 0.25) is 5.91 Å². The van der Waals surface area contributed by atoms with Gasteiger partial charge in [-0.25, -0.2) is 9.86 Å². The summed E-state index contributed by atoms with van der Waals surface area (Å²) in [4.78, 5) is 27.1. The molecule has 5 heteroatoms. The SMILES string of the molecule is COC(=O)C=C1CC(CC(=O)N(C)OC)C1. The Morgan fingerprint density at radius 3 is 2.56 bits per heavy atom. The first-order valence-corrected chi connectivity index (χ1v) is 5.15. The molecule has 1 rings (SSSR count). The summed E-state index contributed by atoms with van der Waals surface area (Å²) in [6.07, 6.45) is 3.54. The number of allylic oxidation sites excluding steroid dienone is 1. The van der Waals surface area contributed by atoms with Gasteiger partial charge in [-0.3, -0.25) is 9.63 Å². The van der Waals surface area contributed by atoms with Gasteiger partial charge in [0.25, 0.3) is 0 Å². The maximum atomic E-state index is 11.5. The Bertz CT molecular complexity index is 303. The van der Waals surface area contributed by atoms with E-state index in [0.29, 0.717) is 12.3 Å².